The molecule has 2 heterocycles. The van der Waals surface area contributed by atoms with E-state index in [-0.39, 0.29) is 0 Å². The molecule has 2 rings (SSSR count). The molecule has 0 aliphatic rings. The van der Waals surface area contributed by atoms with Crippen LogP contribution in [0, 0.1) is 6.92 Å². The molecular formula is C8H9N3O. The van der Waals surface area contributed by atoms with Gasteiger partial charge < -0.3 is 9.09 Å². The summed E-state index contributed by atoms with van der Waals surface area (Å²) in [6.07, 6.45) is 1.33. The normalized spacial score (nSPS) is 10.5. The lowest BCUT2D eigenvalue weighted by molar-refractivity contribution is 0.418. The lowest BCUT2D eigenvalue weighted by Crippen LogP contribution is -1.94. The molecule has 0 fully saturated rings. The van der Waals surface area contributed by atoms with Crippen molar-refractivity contribution in [1.29, 1.82) is 0 Å². The van der Waals surface area contributed by atoms with Crippen LogP contribution in [0.25, 0.3) is 11.5 Å². The summed E-state index contributed by atoms with van der Waals surface area (Å²) in [6, 6.07) is 3.99. The Kier molecular flexibility index (Phi) is 1.46. The summed E-state index contributed by atoms with van der Waals surface area (Å²) < 4.78 is 6.68. The van der Waals surface area contributed by atoms with Gasteiger partial charge in [0.1, 0.15) is 0 Å². The second-order valence-corrected chi connectivity index (χ2v) is 2.67. The second kappa shape index (κ2) is 2.48. The molecule has 4 nitrogen and oxygen atoms in total. The summed E-state index contributed by atoms with van der Waals surface area (Å²) in [7, 11) is 1.97. The van der Waals surface area contributed by atoms with Crippen molar-refractivity contribution >= 4 is 0 Å². The lowest BCUT2D eigenvalue weighted by atomic mass is 10.4. The van der Waals surface area contributed by atoms with Crippen molar-refractivity contribution in [2.45, 2.75) is 6.92 Å². The van der Waals surface area contributed by atoms with Crippen LogP contribution in [0.15, 0.2) is 23.0 Å². The van der Waals surface area contributed by atoms with Crippen LogP contribution in [0.4, 0.5) is 0 Å². The van der Waals surface area contributed by atoms with E-state index in [9.17, 15) is 0 Å². The van der Waals surface area contributed by atoms with E-state index in [4.69, 9.17) is 0 Å². The second-order valence-electron chi connectivity index (χ2n) is 2.67. The number of aromatic nitrogens is 3. The summed E-state index contributed by atoms with van der Waals surface area (Å²) in [5.74, 6) is 0.630. The van der Waals surface area contributed by atoms with Gasteiger partial charge in [-0.25, -0.2) is 0 Å². The van der Waals surface area contributed by atoms with E-state index in [2.05, 4.69) is 14.7 Å². The molecule has 2 aromatic rings. The highest BCUT2D eigenvalue weighted by atomic mass is 16.5. The first-order valence-electron chi connectivity index (χ1n) is 3.68. The third-order valence-electron chi connectivity index (χ3n) is 1.96. The Morgan fingerprint density at radius 2 is 2.25 bits per heavy atom. The minimum Gasteiger partial charge on any atom is -0.345 e. The van der Waals surface area contributed by atoms with Gasteiger partial charge in [0.05, 0.1) is 5.69 Å². The highest BCUT2D eigenvalue weighted by molar-refractivity contribution is 5.50. The van der Waals surface area contributed by atoms with E-state index in [0.717, 1.165) is 5.69 Å². The number of hydrogen-bond acceptors (Lipinski definition) is 3. The van der Waals surface area contributed by atoms with Crippen LogP contribution >= 0.6 is 0 Å². The third-order valence-corrected chi connectivity index (χ3v) is 1.96. The van der Waals surface area contributed by atoms with Crippen LogP contribution in [0.3, 0.4) is 0 Å². The standard InChI is InChI=1S/C8H9N3O/c1-6-3-4-7(11(6)2)8-9-5-12-10-8/h3-5H,1-2H3. The molecule has 0 unspecified atom stereocenters. The molecule has 0 aliphatic carbocycles. The van der Waals surface area contributed by atoms with Gasteiger partial charge in [-0.2, -0.15) is 4.98 Å². The van der Waals surface area contributed by atoms with Crippen LogP contribution in [0.1, 0.15) is 5.69 Å². The predicted molar refractivity (Wildman–Crippen MR) is 43.4 cm³/mol. The van der Waals surface area contributed by atoms with E-state index in [1.165, 1.54) is 12.1 Å². The van der Waals surface area contributed by atoms with Gasteiger partial charge in [-0.05, 0) is 19.1 Å². The molecule has 0 bridgehead atoms. The molecule has 0 atom stereocenters. The average molecular weight is 163 g/mol. The van der Waals surface area contributed by atoms with Gasteiger partial charge in [0.2, 0.25) is 12.2 Å². The fourth-order valence-corrected chi connectivity index (χ4v) is 1.12. The van der Waals surface area contributed by atoms with Crippen molar-refractivity contribution < 1.29 is 4.52 Å². The minimum absolute atomic E-state index is 0.630. The summed E-state index contributed by atoms with van der Waals surface area (Å²) in [5, 5.41) is 3.75. The van der Waals surface area contributed by atoms with Gasteiger partial charge in [-0.15, -0.1) is 0 Å². The van der Waals surface area contributed by atoms with Crippen molar-refractivity contribution in [2.24, 2.45) is 7.05 Å². The van der Waals surface area contributed by atoms with Crippen molar-refractivity contribution in [3.63, 3.8) is 0 Å². The Bertz CT molecular complexity index is 375. The van der Waals surface area contributed by atoms with Crippen LogP contribution in [0.5, 0.6) is 0 Å². The highest BCUT2D eigenvalue weighted by Gasteiger charge is 2.07. The van der Waals surface area contributed by atoms with E-state index in [0.29, 0.717) is 5.82 Å². The Labute approximate surface area is 69.8 Å². The minimum atomic E-state index is 0.630. The summed E-state index contributed by atoms with van der Waals surface area (Å²) in [4.78, 5) is 3.96. The molecule has 0 aliphatic heterocycles. The maximum atomic E-state index is 4.66. The van der Waals surface area contributed by atoms with Crippen LogP contribution in [0.2, 0.25) is 0 Å². The SMILES string of the molecule is Cc1ccc(-c2ncon2)n1C. The molecule has 0 saturated heterocycles. The van der Waals surface area contributed by atoms with Gasteiger partial charge >= 0.3 is 0 Å². The number of hydrogen-bond donors (Lipinski definition) is 0. The Hall–Kier alpha value is -1.58. The zero-order valence-electron chi connectivity index (χ0n) is 6.98. The van der Waals surface area contributed by atoms with E-state index in [1.54, 1.807) is 0 Å². The number of rotatable bonds is 1. The van der Waals surface area contributed by atoms with Crippen LogP contribution in [-0.4, -0.2) is 14.7 Å². The maximum Gasteiger partial charge on any atom is 0.218 e. The summed E-state index contributed by atoms with van der Waals surface area (Å²) >= 11 is 0. The molecule has 0 saturated carbocycles. The van der Waals surface area contributed by atoms with E-state index < -0.39 is 0 Å². The molecule has 62 valence electrons. The van der Waals surface area contributed by atoms with Crippen LogP contribution in [-0.2, 0) is 7.05 Å². The summed E-state index contributed by atoms with van der Waals surface area (Å²) in [6.45, 7) is 2.03. The van der Waals surface area contributed by atoms with Gasteiger partial charge in [-0.3, -0.25) is 0 Å². The van der Waals surface area contributed by atoms with Gasteiger partial charge in [0.15, 0.2) is 0 Å². The largest absolute Gasteiger partial charge is 0.345 e. The van der Waals surface area contributed by atoms with E-state index in [1.807, 2.05) is 30.7 Å². The van der Waals surface area contributed by atoms with Gasteiger partial charge in [0, 0.05) is 12.7 Å². The monoisotopic (exact) mass is 163 g/mol. The first-order valence-corrected chi connectivity index (χ1v) is 3.68. The molecule has 12 heavy (non-hydrogen) atoms. The maximum absolute atomic E-state index is 4.66. The zero-order valence-corrected chi connectivity index (χ0v) is 6.98. The molecule has 0 radical (unpaired) electrons. The highest BCUT2D eigenvalue weighted by Crippen LogP contribution is 2.16. The van der Waals surface area contributed by atoms with Crippen molar-refractivity contribution in [1.82, 2.24) is 14.7 Å². The third kappa shape index (κ3) is 0.922. The molecule has 0 amide bonds. The average Bonchev–Trinajstić information content (AvgIpc) is 2.64. The number of nitrogens with zero attached hydrogens (tertiary/aromatic N) is 3. The molecular weight excluding hydrogens is 154 g/mol. The topological polar surface area (TPSA) is 43.9 Å². The van der Waals surface area contributed by atoms with E-state index >= 15 is 0 Å². The Morgan fingerprint density at radius 1 is 1.42 bits per heavy atom. The fourth-order valence-electron chi connectivity index (χ4n) is 1.12. The smallest absolute Gasteiger partial charge is 0.218 e. The summed E-state index contributed by atoms with van der Waals surface area (Å²) in [5.41, 5.74) is 2.15. The van der Waals surface area contributed by atoms with Gasteiger partial charge in [-0.1, -0.05) is 5.16 Å². The molecule has 0 N–H and O–H groups in total. The van der Waals surface area contributed by atoms with Crippen LogP contribution < -0.4 is 0 Å². The van der Waals surface area contributed by atoms with Crippen molar-refractivity contribution in [3.05, 3.63) is 24.2 Å². The van der Waals surface area contributed by atoms with Gasteiger partial charge in [0.25, 0.3) is 0 Å². The molecule has 0 spiro atoms. The molecule has 4 heteroatoms. The quantitative estimate of drug-likeness (QED) is 0.638. The van der Waals surface area contributed by atoms with Crippen molar-refractivity contribution in [2.75, 3.05) is 0 Å². The fraction of sp³-hybridized carbons (Fsp3) is 0.250. The number of aryl methyl sites for hydroxylation is 1. The Morgan fingerprint density at radius 3 is 2.75 bits per heavy atom. The molecule has 2 aromatic heterocycles. The Balaban J connectivity index is 2.55. The lowest BCUT2D eigenvalue weighted by Gasteiger charge is -1.98. The predicted octanol–water partition coefficient (Wildman–Crippen LogP) is 1.38. The van der Waals surface area contributed by atoms with Crippen molar-refractivity contribution in [3.8, 4) is 11.5 Å². The zero-order chi connectivity index (χ0) is 8.55. The molecule has 0 aromatic carbocycles. The first-order chi connectivity index (χ1) is 5.79. The first kappa shape index (κ1) is 7.09.